The Balaban J connectivity index is 0.000000257. The van der Waals surface area contributed by atoms with E-state index >= 15 is 0 Å². The number of carbonyl (C=O) groups excluding carboxylic acids is 4. The average molecular weight is 982 g/mol. The first-order chi connectivity index (χ1) is 35.5. The third kappa shape index (κ3) is 16.9. The molecule has 4 aliphatic rings. The van der Waals surface area contributed by atoms with Crippen LogP contribution in [0.5, 0.6) is 0 Å². The average Bonchev–Trinajstić information content (AvgIpc) is 4.24. The second kappa shape index (κ2) is 28.6. The minimum absolute atomic E-state index is 0. The third-order valence-electron chi connectivity index (χ3n) is 16.3. The second-order valence-electron chi connectivity index (χ2n) is 21.8. The number of benzene rings is 5. The summed E-state index contributed by atoms with van der Waals surface area (Å²) in [4.78, 5) is 51.5. The number of Topliss-reactive ketones (excluding diaryl/α,β-unsaturated/α-hetero) is 4. The normalized spacial score (nSPS) is 18.7. The highest BCUT2D eigenvalue weighted by atomic mass is 16.1. The Hall–Kier alpha value is -5.78. The Morgan fingerprint density at radius 2 is 1.12 bits per heavy atom. The molecule has 1 aliphatic heterocycles. The summed E-state index contributed by atoms with van der Waals surface area (Å²) in [6.45, 7) is 11.7. The molecule has 5 aromatic carbocycles. The molecule has 73 heavy (non-hydrogen) atoms. The van der Waals surface area contributed by atoms with Gasteiger partial charge in [-0.25, -0.2) is 0 Å². The van der Waals surface area contributed by atoms with Gasteiger partial charge in [0.2, 0.25) is 0 Å². The van der Waals surface area contributed by atoms with Crippen molar-refractivity contribution in [2.75, 3.05) is 13.1 Å². The molecule has 0 spiro atoms. The summed E-state index contributed by atoms with van der Waals surface area (Å²) in [7, 11) is 0. The molecule has 0 bridgehead atoms. The predicted molar refractivity (Wildman–Crippen MR) is 306 cm³/mol. The first-order valence-electron chi connectivity index (χ1n) is 28.0. The number of ketones is 4. The maximum Gasteiger partial charge on any atom is 0.151 e. The molecule has 1 unspecified atom stereocenters. The zero-order valence-electron chi connectivity index (χ0n) is 44.5. The molecule has 9 rings (SSSR count). The van der Waals surface area contributed by atoms with Crippen LogP contribution in [0, 0.1) is 17.8 Å². The Labute approximate surface area is 442 Å². The maximum atomic E-state index is 13.1. The lowest BCUT2D eigenvalue weighted by atomic mass is 9.84. The van der Waals surface area contributed by atoms with Crippen LogP contribution >= 0.6 is 0 Å². The van der Waals surface area contributed by atoms with Gasteiger partial charge < -0.3 is 0 Å². The van der Waals surface area contributed by atoms with Gasteiger partial charge in [0, 0.05) is 32.9 Å². The molecule has 0 aromatic heterocycles. The quantitative estimate of drug-likeness (QED) is 0.0771. The zero-order valence-corrected chi connectivity index (χ0v) is 44.5. The summed E-state index contributed by atoms with van der Waals surface area (Å²) in [6.07, 6.45) is 23.3. The molecule has 5 heteroatoms. The number of nitrogens with zero attached hydrogens (tertiary/aromatic N) is 1. The first kappa shape index (κ1) is 55.0. The lowest BCUT2D eigenvalue weighted by Crippen LogP contribution is -2.30. The number of hydrogen-bond acceptors (Lipinski definition) is 5. The standard InChI is InChI=1S/C40H46O2.C15H20O.C13H17NO.2H2/c1-29-10-9-15-38(29)40(42)30(2)36-23-20-34(21-24-36)28-35(26-32-11-5-3-6-12-32)27-33-18-16-31(17-19-33)22-25-39(41)37-13-7-4-8-14-37;1-12(16)15(11-13-7-5-6-8-13)14-9-3-2-4-10-14;1-11(15)13(14-9-5-6-10-14)12-7-3-2-4-8-12;;/h3,5-6,11-12,16-21,23-24,26,30,37-38H,1,4,7-10,13-15,22,25,27-28H2,2H3;2-4,9-10,13,15H,5-8,11H2,1H3;2-4,7-8,13H,5-6,9-10H2,1H3;2*1H/t30?,38-;15-;13-;;/m100../s1. The largest absolute Gasteiger partial charge is 0.299 e. The molecule has 3 saturated carbocycles. The molecular weight excluding hydrogens is 895 g/mol. The molecule has 5 aromatic rings. The van der Waals surface area contributed by atoms with Crippen molar-refractivity contribution in [1.82, 2.24) is 4.90 Å². The minimum atomic E-state index is -0.102. The van der Waals surface area contributed by atoms with Crippen molar-refractivity contribution in [2.24, 2.45) is 17.8 Å². The topological polar surface area (TPSA) is 71.5 Å². The number of allylic oxidation sites excluding steroid dienone is 2. The molecule has 0 radical (unpaired) electrons. The smallest absolute Gasteiger partial charge is 0.151 e. The van der Waals surface area contributed by atoms with E-state index in [1.807, 2.05) is 55.5 Å². The fourth-order valence-corrected chi connectivity index (χ4v) is 12.0. The van der Waals surface area contributed by atoms with E-state index in [9.17, 15) is 19.2 Å². The predicted octanol–water partition coefficient (Wildman–Crippen LogP) is 16.5. The Morgan fingerprint density at radius 3 is 1.67 bits per heavy atom. The minimum Gasteiger partial charge on any atom is -0.299 e. The van der Waals surface area contributed by atoms with Gasteiger partial charge in [-0.2, -0.15) is 0 Å². The maximum absolute atomic E-state index is 13.1. The summed E-state index contributed by atoms with van der Waals surface area (Å²) in [6, 6.07) is 48.3. The van der Waals surface area contributed by atoms with Crippen LogP contribution in [0.3, 0.4) is 0 Å². The van der Waals surface area contributed by atoms with Crippen LogP contribution < -0.4 is 0 Å². The van der Waals surface area contributed by atoms with E-state index in [0.29, 0.717) is 29.7 Å². The molecule has 0 amide bonds. The van der Waals surface area contributed by atoms with Gasteiger partial charge in [0.25, 0.3) is 0 Å². The van der Waals surface area contributed by atoms with Gasteiger partial charge in [0.05, 0.1) is 6.04 Å². The molecule has 5 nitrogen and oxygen atoms in total. The van der Waals surface area contributed by atoms with Gasteiger partial charge in [-0.1, -0.05) is 215 Å². The summed E-state index contributed by atoms with van der Waals surface area (Å²) in [5, 5.41) is 0. The highest BCUT2D eigenvalue weighted by molar-refractivity contribution is 5.90. The van der Waals surface area contributed by atoms with Crippen LogP contribution in [-0.4, -0.2) is 41.1 Å². The van der Waals surface area contributed by atoms with Gasteiger partial charge in [-0.15, -0.1) is 0 Å². The number of aryl methyl sites for hydroxylation is 1. The van der Waals surface area contributed by atoms with Gasteiger partial charge >= 0.3 is 0 Å². The van der Waals surface area contributed by atoms with Crippen molar-refractivity contribution in [1.29, 1.82) is 0 Å². The summed E-state index contributed by atoms with van der Waals surface area (Å²) in [5.74, 6) is 2.48. The van der Waals surface area contributed by atoms with Crippen molar-refractivity contribution < 1.29 is 22.0 Å². The molecule has 0 N–H and O–H groups in total. The van der Waals surface area contributed by atoms with Gasteiger partial charge in [-0.3, -0.25) is 24.1 Å². The van der Waals surface area contributed by atoms with Crippen molar-refractivity contribution in [2.45, 2.75) is 161 Å². The van der Waals surface area contributed by atoms with Crippen LogP contribution in [0.1, 0.15) is 183 Å². The number of hydrogen-bond donors (Lipinski definition) is 0. The Bertz CT molecular complexity index is 2540. The summed E-state index contributed by atoms with van der Waals surface area (Å²) in [5.41, 5.74) is 10.9. The van der Waals surface area contributed by atoms with E-state index < -0.39 is 0 Å². The fraction of sp³-hybridized carbons (Fsp3) is 0.441. The first-order valence-corrected chi connectivity index (χ1v) is 28.0. The number of rotatable bonds is 19. The van der Waals surface area contributed by atoms with E-state index in [1.165, 1.54) is 91.2 Å². The van der Waals surface area contributed by atoms with Crippen LogP contribution in [0.25, 0.3) is 6.08 Å². The van der Waals surface area contributed by atoms with Crippen LogP contribution in [0.15, 0.2) is 157 Å². The molecule has 1 saturated heterocycles. The number of likely N-dealkylation sites (tertiary alicyclic amines) is 1. The highest BCUT2D eigenvalue weighted by Gasteiger charge is 2.31. The molecule has 4 fully saturated rings. The molecule has 388 valence electrons. The van der Waals surface area contributed by atoms with Crippen molar-refractivity contribution >= 4 is 29.2 Å². The van der Waals surface area contributed by atoms with Crippen molar-refractivity contribution in [3.8, 4) is 0 Å². The monoisotopic (exact) mass is 982 g/mol. The molecule has 4 atom stereocenters. The lowest BCUT2D eigenvalue weighted by Gasteiger charge is -2.25. The van der Waals surface area contributed by atoms with Crippen LogP contribution in [0.2, 0.25) is 0 Å². The van der Waals surface area contributed by atoms with Crippen LogP contribution in [-0.2, 0) is 38.4 Å². The van der Waals surface area contributed by atoms with Gasteiger partial charge in [-0.05, 0) is 142 Å². The van der Waals surface area contributed by atoms with Crippen LogP contribution in [0.4, 0.5) is 0 Å². The summed E-state index contributed by atoms with van der Waals surface area (Å²) < 4.78 is 0. The van der Waals surface area contributed by atoms with E-state index in [4.69, 9.17) is 0 Å². The van der Waals surface area contributed by atoms with Gasteiger partial charge in [0.1, 0.15) is 17.3 Å². The van der Waals surface area contributed by atoms with Crippen molar-refractivity contribution in [3.63, 3.8) is 0 Å². The second-order valence-corrected chi connectivity index (χ2v) is 21.8. The molecule has 1 heterocycles. The van der Waals surface area contributed by atoms with E-state index in [2.05, 4.69) is 109 Å². The zero-order chi connectivity index (χ0) is 51.4. The fourth-order valence-electron chi connectivity index (χ4n) is 12.0. The van der Waals surface area contributed by atoms with E-state index in [-0.39, 0.29) is 32.4 Å². The van der Waals surface area contributed by atoms with E-state index in [1.54, 1.807) is 13.8 Å². The molecular formula is C68H87NO4. The molecule has 3 aliphatic carbocycles. The highest BCUT2D eigenvalue weighted by Crippen LogP contribution is 2.36. The lowest BCUT2D eigenvalue weighted by molar-refractivity contribution is -0.124. The third-order valence-corrected chi connectivity index (χ3v) is 16.3. The number of carbonyl (C=O) groups is 4. The van der Waals surface area contributed by atoms with E-state index in [0.717, 1.165) is 93.5 Å². The summed E-state index contributed by atoms with van der Waals surface area (Å²) >= 11 is 0. The van der Waals surface area contributed by atoms with Crippen molar-refractivity contribution in [3.05, 3.63) is 196 Å². The SMILES string of the molecule is C=C1CCC[C@H]1C(=O)C(C)c1ccc(CC(=Cc2ccccc2)Cc2ccc(CCC(=O)C3CCCCC3)cc2)cc1.CC(=O)[C@@H](c1ccccc1)N1CCCC1.CC(=O)[C@H](CC1CCCC1)c1ccccc1.[HH].[HH]. The van der Waals surface area contributed by atoms with Gasteiger partial charge in [0.15, 0.2) is 5.78 Å². The Kier molecular flexibility index (Phi) is 21.5. The Morgan fingerprint density at radius 1 is 0.589 bits per heavy atom.